The molecule has 3 nitrogen and oxygen atoms in total. The maximum atomic E-state index is 6.08. The van der Waals surface area contributed by atoms with E-state index in [1.54, 1.807) is 0 Å². The fourth-order valence-corrected chi connectivity index (χ4v) is 3.21. The zero-order valence-corrected chi connectivity index (χ0v) is 13.6. The molecule has 0 spiro atoms. The lowest BCUT2D eigenvalue weighted by atomic mass is 10.1. The van der Waals surface area contributed by atoms with Crippen molar-refractivity contribution in [1.82, 2.24) is 10.2 Å². The second-order valence-corrected chi connectivity index (χ2v) is 6.99. The Hall–Kier alpha value is -0.770. The monoisotopic (exact) mass is 307 g/mol. The third kappa shape index (κ3) is 4.60. The molecule has 0 radical (unpaired) electrons. The first-order valence-corrected chi connectivity index (χ1v) is 8.55. The van der Waals surface area contributed by atoms with E-state index in [-0.39, 0.29) is 0 Å². The minimum Gasteiger partial charge on any atom is -0.369 e. The van der Waals surface area contributed by atoms with Gasteiger partial charge >= 0.3 is 0 Å². The van der Waals surface area contributed by atoms with Crippen LogP contribution in [0.3, 0.4) is 0 Å². The van der Waals surface area contributed by atoms with Gasteiger partial charge in [-0.25, -0.2) is 0 Å². The highest BCUT2D eigenvalue weighted by Gasteiger charge is 2.22. The number of nitrogens with one attached hydrogen (secondary N) is 1. The van der Waals surface area contributed by atoms with Gasteiger partial charge in [0.2, 0.25) is 0 Å². The molecule has 0 aromatic heterocycles. The summed E-state index contributed by atoms with van der Waals surface area (Å²) in [5, 5.41) is 4.46. The van der Waals surface area contributed by atoms with Crippen LogP contribution in [-0.2, 0) is 0 Å². The first-order chi connectivity index (χ1) is 10.2. The molecule has 2 fully saturated rings. The van der Waals surface area contributed by atoms with E-state index in [9.17, 15) is 0 Å². The molecule has 1 unspecified atom stereocenters. The Morgan fingerprint density at radius 1 is 1.24 bits per heavy atom. The van der Waals surface area contributed by atoms with Gasteiger partial charge in [-0.15, -0.1) is 0 Å². The second kappa shape index (κ2) is 6.99. The molecule has 1 aliphatic heterocycles. The fourth-order valence-electron chi connectivity index (χ4n) is 3.02. The maximum Gasteiger partial charge on any atom is 0.0426 e. The number of nitrogens with zero attached hydrogens (tertiary/aromatic N) is 2. The molecule has 1 aromatic rings. The van der Waals surface area contributed by atoms with Crippen molar-refractivity contribution in [2.45, 2.75) is 25.8 Å². The third-order valence-corrected chi connectivity index (χ3v) is 4.68. The smallest absolute Gasteiger partial charge is 0.0426 e. The van der Waals surface area contributed by atoms with E-state index in [0.29, 0.717) is 0 Å². The quantitative estimate of drug-likeness (QED) is 0.872. The number of halogens is 1. The van der Waals surface area contributed by atoms with Crippen molar-refractivity contribution in [3.63, 3.8) is 0 Å². The van der Waals surface area contributed by atoms with Gasteiger partial charge in [0.1, 0.15) is 0 Å². The summed E-state index contributed by atoms with van der Waals surface area (Å²) in [7, 11) is 0. The molecule has 1 atom stereocenters. The molecular formula is C17H26ClN3. The highest BCUT2D eigenvalue weighted by molar-refractivity contribution is 6.30. The van der Waals surface area contributed by atoms with E-state index in [1.807, 2.05) is 12.1 Å². The lowest BCUT2D eigenvalue weighted by Gasteiger charge is -2.37. The summed E-state index contributed by atoms with van der Waals surface area (Å²) in [4.78, 5) is 5.04. The van der Waals surface area contributed by atoms with Crippen molar-refractivity contribution in [3.05, 3.63) is 29.3 Å². The summed E-state index contributed by atoms with van der Waals surface area (Å²) in [6.07, 6.45) is 2.76. The van der Waals surface area contributed by atoms with Gasteiger partial charge in [0.05, 0.1) is 0 Å². The summed E-state index contributed by atoms with van der Waals surface area (Å²) in [5.41, 5.74) is 1.26. The Morgan fingerprint density at radius 2 is 2.00 bits per heavy atom. The van der Waals surface area contributed by atoms with Crippen LogP contribution >= 0.6 is 11.6 Å². The molecule has 0 amide bonds. The predicted octanol–water partition coefficient (Wildman–Crippen LogP) is 2.85. The van der Waals surface area contributed by atoms with Crippen LogP contribution in [0, 0.1) is 5.92 Å². The second-order valence-electron chi connectivity index (χ2n) is 6.56. The molecule has 1 aliphatic carbocycles. The zero-order chi connectivity index (χ0) is 14.7. The molecule has 1 saturated carbocycles. The highest BCUT2D eigenvalue weighted by Crippen LogP contribution is 2.21. The topological polar surface area (TPSA) is 18.5 Å². The number of rotatable bonds is 6. The molecule has 1 heterocycles. The molecule has 2 aliphatic rings. The maximum absolute atomic E-state index is 6.08. The zero-order valence-electron chi connectivity index (χ0n) is 12.9. The number of benzene rings is 1. The molecule has 116 valence electrons. The Balaban J connectivity index is 1.41. The van der Waals surface area contributed by atoms with E-state index < -0.39 is 0 Å². The summed E-state index contributed by atoms with van der Waals surface area (Å²) >= 11 is 6.08. The normalized spacial score (nSPS) is 21.5. The number of hydrogen-bond acceptors (Lipinski definition) is 3. The van der Waals surface area contributed by atoms with Gasteiger partial charge in [0.25, 0.3) is 0 Å². The number of piperazine rings is 1. The van der Waals surface area contributed by atoms with Gasteiger partial charge in [-0.2, -0.15) is 0 Å². The summed E-state index contributed by atoms with van der Waals surface area (Å²) in [6.45, 7) is 9.24. The van der Waals surface area contributed by atoms with Gasteiger partial charge in [-0.05, 0) is 43.5 Å². The largest absolute Gasteiger partial charge is 0.369 e. The molecule has 1 saturated heterocycles. The molecule has 1 aromatic carbocycles. The Kier molecular flexibility index (Phi) is 5.04. The lowest BCUT2D eigenvalue weighted by molar-refractivity contribution is 0.222. The van der Waals surface area contributed by atoms with Crippen molar-refractivity contribution in [2.24, 2.45) is 5.92 Å². The van der Waals surface area contributed by atoms with Gasteiger partial charge in [-0.3, -0.25) is 4.90 Å². The minimum atomic E-state index is 0.739. The van der Waals surface area contributed by atoms with Crippen LogP contribution in [-0.4, -0.2) is 50.2 Å². The Morgan fingerprint density at radius 3 is 2.67 bits per heavy atom. The van der Waals surface area contributed by atoms with Gasteiger partial charge < -0.3 is 10.2 Å². The predicted molar refractivity (Wildman–Crippen MR) is 90.3 cm³/mol. The molecule has 1 N–H and O–H groups in total. The minimum absolute atomic E-state index is 0.739. The lowest BCUT2D eigenvalue weighted by Crippen LogP contribution is -2.48. The highest BCUT2D eigenvalue weighted by atomic mass is 35.5. The first-order valence-electron chi connectivity index (χ1n) is 8.17. The van der Waals surface area contributed by atoms with Crippen LogP contribution in [0.15, 0.2) is 24.3 Å². The van der Waals surface area contributed by atoms with E-state index in [2.05, 4.69) is 34.2 Å². The average molecular weight is 308 g/mol. The van der Waals surface area contributed by atoms with E-state index in [1.165, 1.54) is 31.6 Å². The van der Waals surface area contributed by atoms with E-state index >= 15 is 0 Å². The van der Waals surface area contributed by atoms with Crippen LogP contribution in [0.1, 0.15) is 19.8 Å². The van der Waals surface area contributed by atoms with Crippen LogP contribution in [0.4, 0.5) is 5.69 Å². The van der Waals surface area contributed by atoms with Gasteiger partial charge in [0.15, 0.2) is 0 Å². The van der Waals surface area contributed by atoms with Crippen molar-refractivity contribution in [2.75, 3.05) is 44.2 Å². The number of anilines is 1. The molecule has 4 heteroatoms. The van der Waals surface area contributed by atoms with Gasteiger partial charge in [-0.1, -0.05) is 24.6 Å². The van der Waals surface area contributed by atoms with Crippen molar-refractivity contribution in [3.8, 4) is 0 Å². The third-order valence-electron chi connectivity index (χ3n) is 4.45. The summed E-state index contributed by atoms with van der Waals surface area (Å²) in [6, 6.07) is 9.03. The molecule has 3 rings (SSSR count). The first kappa shape index (κ1) is 15.1. The SMILES string of the molecule is CC(CNC1CC1)CN1CCN(c2cccc(Cl)c2)CC1. The fraction of sp³-hybridized carbons (Fsp3) is 0.647. The standard InChI is InChI=1S/C17H26ClN3/c1-14(12-19-16-5-6-16)13-20-7-9-21(10-8-20)17-4-2-3-15(18)11-17/h2-4,11,14,16,19H,5-10,12-13H2,1H3. The number of hydrogen-bond donors (Lipinski definition) is 1. The van der Waals surface area contributed by atoms with E-state index in [0.717, 1.165) is 43.2 Å². The van der Waals surface area contributed by atoms with Crippen LogP contribution in [0.25, 0.3) is 0 Å². The van der Waals surface area contributed by atoms with Crippen LogP contribution in [0.5, 0.6) is 0 Å². The van der Waals surface area contributed by atoms with Crippen molar-refractivity contribution >= 4 is 17.3 Å². The van der Waals surface area contributed by atoms with E-state index in [4.69, 9.17) is 11.6 Å². The van der Waals surface area contributed by atoms with Crippen LogP contribution < -0.4 is 10.2 Å². The summed E-state index contributed by atoms with van der Waals surface area (Å²) in [5.74, 6) is 0.739. The average Bonchev–Trinajstić information content (AvgIpc) is 3.30. The Labute approximate surface area is 133 Å². The van der Waals surface area contributed by atoms with Gasteiger partial charge in [0, 0.05) is 49.5 Å². The summed E-state index contributed by atoms with van der Waals surface area (Å²) < 4.78 is 0. The molecule has 0 bridgehead atoms. The molecular weight excluding hydrogens is 282 g/mol. The van der Waals surface area contributed by atoms with Crippen molar-refractivity contribution in [1.29, 1.82) is 0 Å². The molecule has 21 heavy (non-hydrogen) atoms. The van der Waals surface area contributed by atoms with Crippen LogP contribution in [0.2, 0.25) is 5.02 Å². The Bertz CT molecular complexity index is 453. The van der Waals surface area contributed by atoms with Crippen molar-refractivity contribution < 1.29 is 0 Å².